The molecule has 0 aromatic heterocycles. The monoisotopic (exact) mass is 508 g/mol. The molecule has 2 saturated carbocycles. The highest BCUT2D eigenvalue weighted by Gasteiger charge is 2.69. The third-order valence-electron chi connectivity index (χ3n) is 8.24. The quantitative estimate of drug-likeness (QED) is 0.291. The van der Waals surface area contributed by atoms with Crippen LogP contribution in [-0.4, -0.2) is 65.5 Å². The number of likely N-dealkylation sites (tertiary alicyclic amines) is 1. The molecule has 3 fully saturated rings. The van der Waals surface area contributed by atoms with Crippen molar-refractivity contribution in [3.8, 4) is 0 Å². The van der Waals surface area contributed by atoms with Crippen molar-refractivity contribution in [1.82, 2.24) is 15.5 Å². The second-order valence-corrected chi connectivity index (χ2v) is 10.9. The average molecular weight is 509 g/mol. The third-order valence-corrected chi connectivity index (χ3v) is 8.24. The Hall–Kier alpha value is -2.62. The van der Waals surface area contributed by atoms with Crippen molar-refractivity contribution >= 4 is 23.5 Å². The van der Waals surface area contributed by atoms with Crippen molar-refractivity contribution < 1.29 is 28.0 Å². The lowest BCUT2D eigenvalue weighted by Gasteiger charge is -2.36. The molecule has 0 aromatic carbocycles. The molecule has 5 unspecified atom stereocenters. The Morgan fingerprint density at radius 2 is 1.78 bits per heavy atom. The number of nitrogens with zero attached hydrogens (tertiary/aromatic N) is 1. The fourth-order valence-electron chi connectivity index (χ4n) is 5.85. The van der Waals surface area contributed by atoms with Crippen LogP contribution in [0.25, 0.3) is 0 Å². The van der Waals surface area contributed by atoms with E-state index in [1.54, 1.807) is 6.08 Å². The van der Waals surface area contributed by atoms with E-state index in [-0.39, 0.29) is 61.8 Å². The summed E-state index contributed by atoms with van der Waals surface area (Å²) in [7, 11) is 0. The van der Waals surface area contributed by atoms with Gasteiger partial charge in [0.2, 0.25) is 23.5 Å². The topological polar surface area (TPSA) is 122 Å². The highest BCUT2D eigenvalue weighted by atomic mass is 19.3. The zero-order valence-corrected chi connectivity index (χ0v) is 21.1. The Morgan fingerprint density at radius 3 is 2.36 bits per heavy atom. The number of allylic oxidation sites excluding steroid dienone is 1. The SMILES string of the molecule is C=CCCC(NC(=O)C1C2C(CN1C(=O)C(N)C1CCC(F)(F)CC1)C2(C)C)C(=O)C(=O)NCC=C. The minimum absolute atomic E-state index is 0.0957. The second kappa shape index (κ2) is 10.8. The van der Waals surface area contributed by atoms with E-state index < -0.39 is 47.6 Å². The van der Waals surface area contributed by atoms with Crippen molar-refractivity contribution in [2.75, 3.05) is 13.1 Å². The van der Waals surface area contributed by atoms with Crippen LogP contribution in [0, 0.1) is 23.2 Å². The number of Topliss-reactive ketones (excluding diaryl/α,β-unsaturated/α-hetero) is 1. The number of carbonyl (C=O) groups is 4. The van der Waals surface area contributed by atoms with E-state index in [2.05, 4.69) is 23.8 Å². The largest absolute Gasteiger partial charge is 0.346 e. The molecule has 3 amide bonds. The van der Waals surface area contributed by atoms with Gasteiger partial charge in [0, 0.05) is 25.9 Å². The number of amides is 3. The first kappa shape index (κ1) is 28.0. The zero-order chi connectivity index (χ0) is 26.8. The van der Waals surface area contributed by atoms with Gasteiger partial charge in [0.05, 0.1) is 12.1 Å². The Labute approximate surface area is 211 Å². The number of hydrogen-bond donors (Lipinski definition) is 3. The van der Waals surface area contributed by atoms with Gasteiger partial charge in [0.1, 0.15) is 6.04 Å². The normalized spacial score (nSPS) is 27.8. The number of fused-ring (bicyclic) bond motifs is 1. The van der Waals surface area contributed by atoms with Gasteiger partial charge in [-0.3, -0.25) is 19.2 Å². The Kier molecular flexibility index (Phi) is 8.37. The number of rotatable bonds is 11. The minimum Gasteiger partial charge on any atom is -0.346 e. The first-order chi connectivity index (χ1) is 16.9. The van der Waals surface area contributed by atoms with Crippen LogP contribution in [0.15, 0.2) is 25.3 Å². The molecule has 0 spiro atoms. The Bertz CT molecular complexity index is 912. The lowest BCUT2D eigenvalue weighted by molar-refractivity contribution is -0.145. The van der Waals surface area contributed by atoms with E-state index in [9.17, 15) is 28.0 Å². The van der Waals surface area contributed by atoms with Crippen LogP contribution in [0.5, 0.6) is 0 Å². The van der Waals surface area contributed by atoms with Crippen LogP contribution in [0.2, 0.25) is 0 Å². The molecule has 36 heavy (non-hydrogen) atoms. The number of halogens is 2. The minimum atomic E-state index is -2.73. The van der Waals surface area contributed by atoms with Gasteiger partial charge in [-0.2, -0.15) is 0 Å². The Morgan fingerprint density at radius 1 is 1.14 bits per heavy atom. The van der Waals surface area contributed by atoms with Gasteiger partial charge in [-0.25, -0.2) is 8.78 Å². The van der Waals surface area contributed by atoms with E-state index in [0.717, 1.165) is 0 Å². The summed E-state index contributed by atoms with van der Waals surface area (Å²) in [5.74, 6) is -5.67. The number of hydrogen-bond acceptors (Lipinski definition) is 5. The predicted octanol–water partition coefficient (Wildman–Crippen LogP) is 1.94. The van der Waals surface area contributed by atoms with Crippen molar-refractivity contribution in [3.63, 3.8) is 0 Å². The number of piperidine rings is 1. The molecule has 10 heteroatoms. The zero-order valence-electron chi connectivity index (χ0n) is 21.1. The van der Waals surface area contributed by atoms with E-state index in [4.69, 9.17) is 5.73 Å². The van der Waals surface area contributed by atoms with Crippen LogP contribution in [0.1, 0.15) is 52.4 Å². The molecular weight excluding hydrogens is 470 g/mol. The maximum absolute atomic E-state index is 13.6. The van der Waals surface area contributed by atoms with Gasteiger partial charge >= 0.3 is 0 Å². The van der Waals surface area contributed by atoms with E-state index >= 15 is 0 Å². The molecule has 1 saturated heterocycles. The lowest BCUT2D eigenvalue weighted by atomic mass is 9.81. The summed E-state index contributed by atoms with van der Waals surface area (Å²) >= 11 is 0. The molecule has 0 radical (unpaired) electrons. The fourth-order valence-corrected chi connectivity index (χ4v) is 5.85. The van der Waals surface area contributed by atoms with Crippen molar-refractivity contribution in [1.29, 1.82) is 0 Å². The molecule has 0 bridgehead atoms. The number of ketones is 1. The second-order valence-electron chi connectivity index (χ2n) is 10.9. The van der Waals surface area contributed by atoms with Gasteiger partial charge in [0.25, 0.3) is 5.91 Å². The smallest absolute Gasteiger partial charge is 0.289 e. The van der Waals surface area contributed by atoms with Crippen molar-refractivity contribution in [2.45, 2.75) is 76.4 Å². The maximum atomic E-state index is 13.6. The summed E-state index contributed by atoms with van der Waals surface area (Å²) in [5.41, 5.74) is 6.09. The first-order valence-electron chi connectivity index (χ1n) is 12.6. The highest BCUT2D eigenvalue weighted by molar-refractivity contribution is 6.38. The standard InChI is InChI=1S/C26H38F2N4O4/c1-5-7-8-17(21(33)23(35)30-13-6-2)31-22(34)20-18-16(25(18,3)4)14-32(20)24(36)19(29)15-9-11-26(27,28)12-10-15/h5-6,15-20H,1-2,7-14,29H2,3-4H3,(H,30,35)(H,31,34). The third kappa shape index (κ3) is 5.68. The summed E-state index contributed by atoms with van der Waals surface area (Å²) < 4.78 is 27.2. The Balaban J connectivity index is 1.75. The van der Waals surface area contributed by atoms with E-state index in [1.807, 2.05) is 13.8 Å². The molecule has 8 nitrogen and oxygen atoms in total. The summed E-state index contributed by atoms with van der Waals surface area (Å²) in [5, 5.41) is 5.13. The number of carbonyl (C=O) groups excluding carboxylic acids is 4. The molecule has 4 N–H and O–H groups in total. The summed E-state index contributed by atoms with van der Waals surface area (Å²) in [6.45, 7) is 11.6. The first-order valence-corrected chi connectivity index (χ1v) is 12.6. The van der Waals surface area contributed by atoms with Crippen LogP contribution in [0.3, 0.4) is 0 Å². The van der Waals surface area contributed by atoms with Crippen molar-refractivity contribution in [3.05, 3.63) is 25.3 Å². The molecule has 0 aromatic rings. The van der Waals surface area contributed by atoms with Crippen molar-refractivity contribution in [2.24, 2.45) is 28.9 Å². The molecule has 1 heterocycles. The lowest BCUT2D eigenvalue weighted by Crippen LogP contribution is -2.58. The highest BCUT2D eigenvalue weighted by Crippen LogP contribution is 2.65. The van der Waals surface area contributed by atoms with Gasteiger partial charge < -0.3 is 21.3 Å². The number of nitrogens with one attached hydrogen (secondary N) is 2. The van der Waals surface area contributed by atoms with Crippen LogP contribution >= 0.6 is 0 Å². The molecule has 2 aliphatic carbocycles. The molecule has 200 valence electrons. The van der Waals surface area contributed by atoms with Crippen LogP contribution in [-0.2, 0) is 19.2 Å². The van der Waals surface area contributed by atoms with Crippen LogP contribution in [0.4, 0.5) is 8.78 Å². The summed E-state index contributed by atoms with van der Waals surface area (Å²) in [6.07, 6.45) is 3.31. The van der Waals surface area contributed by atoms with Gasteiger partial charge in [0.15, 0.2) is 0 Å². The van der Waals surface area contributed by atoms with E-state index in [1.165, 1.54) is 11.0 Å². The van der Waals surface area contributed by atoms with Gasteiger partial charge in [-0.1, -0.05) is 26.0 Å². The predicted molar refractivity (Wildman–Crippen MR) is 131 cm³/mol. The number of nitrogens with two attached hydrogens (primary N) is 1. The van der Waals surface area contributed by atoms with Gasteiger partial charge in [-0.15, -0.1) is 13.2 Å². The molecule has 1 aliphatic heterocycles. The number of alkyl halides is 2. The molecule has 5 atom stereocenters. The van der Waals surface area contributed by atoms with E-state index in [0.29, 0.717) is 13.0 Å². The summed E-state index contributed by atoms with van der Waals surface area (Å²) in [4.78, 5) is 53.4. The average Bonchev–Trinajstić information content (AvgIpc) is 3.17. The van der Waals surface area contributed by atoms with Crippen LogP contribution < -0.4 is 16.4 Å². The molecular formula is C26H38F2N4O4. The summed E-state index contributed by atoms with van der Waals surface area (Å²) in [6, 6.07) is -2.89. The molecule has 3 rings (SSSR count). The maximum Gasteiger partial charge on any atom is 0.289 e. The molecule has 3 aliphatic rings. The fraction of sp³-hybridized carbons (Fsp3) is 0.692. The van der Waals surface area contributed by atoms with Gasteiger partial charge in [-0.05, 0) is 48.9 Å².